The predicted octanol–water partition coefficient (Wildman–Crippen LogP) is 6.83. The van der Waals surface area contributed by atoms with Gasteiger partial charge >= 0.3 is 0 Å². The normalized spacial score (nSPS) is 10.8. The molecular formula is C27H20F3NO2. The number of carbonyl (C=O) groups excluding carboxylic acids is 1. The number of amides is 1. The minimum absolute atomic E-state index is 0.0967. The van der Waals surface area contributed by atoms with Crippen molar-refractivity contribution < 1.29 is 22.7 Å². The quantitative estimate of drug-likeness (QED) is 0.352. The maximum absolute atomic E-state index is 14.9. The number of anilines is 1. The van der Waals surface area contributed by atoms with Gasteiger partial charge in [0.25, 0.3) is 5.91 Å². The first-order chi connectivity index (χ1) is 15.9. The van der Waals surface area contributed by atoms with Crippen LogP contribution >= 0.6 is 0 Å². The fraction of sp³-hybridized carbons (Fsp3) is 0.0741. The van der Waals surface area contributed by atoms with Crippen molar-refractivity contribution in [3.8, 4) is 5.75 Å². The lowest BCUT2D eigenvalue weighted by atomic mass is 10.0. The van der Waals surface area contributed by atoms with Crippen LogP contribution in [0.2, 0.25) is 0 Å². The van der Waals surface area contributed by atoms with Crippen LogP contribution in [0.5, 0.6) is 5.75 Å². The number of nitrogens with one attached hydrogen (secondary N) is 1. The Morgan fingerprint density at radius 1 is 0.758 bits per heavy atom. The maximum Gasteiger partial charge on any atom is 0.255 e. The molecule has 0 atom stereocenters. The second-order valence-corrected chi connectivity index (χ2v) is 7.57. The number of hydrogen-bond acceptors (Lipinski definition) is 2. The molecule has 0 radical (unpaired) electrons. The molecule has 0 unspecified atom stereocenters. The lowest BCUT2D eigenvalue weighted by Gasteiger charge is -2.21. The Hall–Kier alpha value is -4.06. The molecule has 4 aromatic carbocycles. The average molecular weight is 447 g/mol. The molecule has 0 fully saturated rings. The van der Waals surface area contributed by atoms with Gasteiger partial charge in [-0.3, -0.25) is 4.79 Å². The first kappa shape index (κ1) is 22.1. The maximum atomic E-state index is 14.9. The van der Waals surface area contributed by atoms with Crippen LogP contribution in [0.15, 0.2) is 91.0 Å². The van der Waals surface area contributed by atoms with E-state index in [0.29, 0.717) is 16.8 Å². The molecule has 0 aliphatic heterocycles. The van der Waals surface area contributed by atoms with Gasteiger partial charge in [-0.25, -0.2) is 13.2 Å². The van der Waals surface area contributed by atoms with Gasteiger partial charge in [0.2, 0.25) is 0 Å². The molecule has 0 aliphatic carbocycles. The van der Waals surface area contributed by atoms with E-state index in [2.05, 4.69) is 5.32 Å². The zero-order chi connectivity index (χ0) is 23.4. The summed E-state index contributed by atoms with van der Waals surface area (Å²) in [6, 6.07) is 22.3. The standard InChI is InChI=1S/C27H20F3NO2/c1-17-2-13-23(14-3-17)31-27(32)20-8-15-25(24(30)16-20)33-26(18-4-9-21(28)10-5-18)19-6-11-22(29)12-7-19/h2-16,26H,1H3,(H,31,32). The summed E-state index contributed by atoms with van der Waals surface area (Å²) in [6.07, 6.45) is -0.812. The molecule has 33 heavy (non-hydrogen) atoms. The number of carbonyl (C=O) groups is 1. The summed E-state index contributed by atoms with van der Waals surface area (Å²) >= 11 is 0. The van der Waals surface area contributed by atoms with Crippen molar-refractivity contribution in [2.24, 2.45) is 0 Å². The largest absolute Gasteiger partial charge is 0.478 e. The number of ether oxygens (including phenoxy) is 1. The van der Waals surface area contributed by atoms with Gasteiger partial charge < -0.3 is 10.1 Å². The van der Waals surface area contributed by atoms with Crippen molar-refractivity contribution in [2.45, 2.75) is 13.0 Å². The Kier molecular flexibility index (Phi) is 6.45. The molecule has 1 amide bonds. The number of halogens is 3. The van der Waals surface area contributed by atoms with Crippen molar-refractivity contribution in [2.75, 3.05) is 5.32 Å². The van der Waals surface area contributed by atoms with E-state index >= 15 is 0 Å². The molecule has 0 bridgehead atoms. The molecule has 0 saturated heterocycles. The van der Waals surface area contributed by atoms with E-state index in [4.69, 9.17) is 4.74 Å². The summed E-state index contributed by atoms with van der Waals surface area (Å²) in [5.74, 6) is -2.14. The van der Waals surface area contributed by atoms with Gasteiger partial charge in [0.15, 0.2) is 11.6 Å². The second-order valence-electron chi connectivity index (χ2n) is 7.57. The summed E-state index contributed by atoms with van der Waals surface area (Å²) < 4.78 is 47.6. The Bertz CT molecular complexity index is 1210. The van der Waals surface area contributed by atoms with E-state index in [1.54, 1.807) is 12.1 Å². The minimum atomic E-state index is -0.812. The van der Waals surface area contributed by atoms with Crippen LogP contribution in [0, 0.1) is 24.4 Å². The van der Waals surface area contributed by atoms with E-state index in [0.717, 1.165) is 11.6 Å². The van der Waals surface area contributed by atoms with Gasteiger partial charge in [0, 0.05) is 11.3 Å². The van der Waals surface area contributed by atoms with E-state index in [1.165, 1.54) is 60.7 Å². The topological polar surface area (TPSA) is 38.3 Å². The highest BCUT2D eigenvalue weighted by Crippen LogP contribution is 2.31. The number of rotatable bonds is 6. The third-order valence-electron chi connectivity index (χ3n) is 5.09. The molecule has 4 aromatic rings. The molecular weight excluding hydrogens is 427 g/mol. The van der Waals surface area contributed by atoms with Crippen LogP contribution in [-0.2, 0) is 0 Å². The Balaban J connectivity index is 1.58. The minimum Gasteiger partial charge on any atom is -0.478 e. The van der Waals surface area contributed by atoms with Crippen LogP contribution in [-0.4, -0.2) is 5.91 Å². The van der Waals surface area contributed by atoms with Crippen molar-refractivity contribution >= 4 is 11.6 Å². The average Bonchev–Trinajstić information content (AvgIpc) is 2.81. The molecule has 0 aromatic heterocycles. The van der Waals surface area contributed by atoms with E-state index in [-0.39, 0.29) is 11.3 Å². The highest BCUT2D eigenvalue weighted by Gasteiger charge is 2.19. The first-order valence-corrected chi connectivity index (χ1v) is 10.2. The van der Waals surface area contributed by atoms with Gasteiger partial charge in [0.1, 0.15) is 17.7 Å². The fourth-order valence-corrected chi connectivity index (χ4v) is 3.31. The molecule has 0 saturated carbocycles. The fourth-order valence-electron chi connectivity index (χ4n) is 3.31. The van der Waals surface area contributed by atoms with E-state index in [1.807, 2.05) is 19.1 Å². The monoisotopic (exact) mass is 447 g/mol. The van der Waals surface area contributed by atoms with E-state index < -0.39 is 29.5 Å². The highest BCUT2D eigenvalue weighted by molar-refractivity contribution is 6.04. The zero-order valence-electron chi connectivity index (χ0n) is 17.7. The third-order valence-corrected chi connectivity index (χ3v) is 5.09. The van der Waals surface area contributed by atoms with Gasteiger partial charge in [-0.1, -0.05) is 42.0 Å². The Morgan fingerprint density at radius 3 is 1.82 bits per heavy atom. The lowest BCUT2D eigenvalue weighted by Crippen LogP contribution is -2.13. The van der Waals surface area contributed by atoms with Crippen molar-refractivity contribution in [3.63, 3.8) is 0 Å². The molecule has 166 valence electrons. The SMILES string of the molecule is Cc1ccc(NC(=O)c2ccc(OC(c3ccc(F)cc3)c3ccc(F)cc3)c(F)c2)cc1. The predicted molar refractivity (Wildman–Crippen MR) is 121 cm³/mol. The number of aryl methyl sites for hydroxylation is 1. The molecule has 1 N–H and O–H groups in total. The zero-order valence-corrected chi connectivity index (χ0v) is 17.7. The lowest BCUT2D eigenvalue weighted by molar-refractivity contribution is 0.102. The third kappa shape index (κ3) is 5.41. The summed E-state index contributed by atoms with van der Waals surface area (Å²) in [5, 5.41) is 2.72. The Labute approximate surface area is 189 Å². The van der Waals surface area contributed by atoms with E-state index in [9.17, 15) is 18.0 Å². The van der Waals surface area contributed by atoms with Gasteiger partial charge in [0.05, 0.1) is 0 Å². The molecule has 3 nitrogen and oxygen atoms in total. The van der Waals surface area contributed by atoms with Crippen molar-refractivity contribution in [1.82, 2.24) is 0 Å². The van der Waals surface area contributed by atoms with Crippen LogP contribution in [0.3, 0.4) is 0 Å². The molecule has 6 heteroatoms. The molecule has 0 spiro atoms. The van der Waals surface area contributed by atoms with Crippen LogP contribution in [0.1, 0.15) is 33.2 Å². The van der Waals surface area contributed by atoms with Crippen LogP contribution in [0.4, 0.5) is 18.9 Å². The van der Waals surface area contributed by atoms with Crippen LogP contribution in [0.25, 0.3) is 0 Å². The van der Waals surface area contributed by atoms with Crippen LogP contribution < -0.4 is 10.1 Å². The number of benzene rings is 4. The smallest absolute Gasteiger partial charge is 0.255 e. The summed E-state index contributed by atoms with van der Waals surface area (Å²) in [5.41, 5.74) is 2.89. The van der Waals surface area contributed by atoms with Gasteiger partial charge in [-0.15, -0.1) is 0 Å². The molecule has 0 aliphatic rings. The highest BCUT2D eigenvalue weighted by atomic mass is 19.1. The Morgan fingerprint density at radius 2 is 1.30 bits per heavy atom. The number of hydrogen-bond donors (Lipinski definition) is 1. The second kappa shape index (κ2) is 9.61. The van der Waals surface area contributed by atoms with Gasteiger partial charge in [-0.2, -0.15) is 0 Å². The summed E-state index contributed by atoms with van der Waals surface area (Å²) in [7, 11) is 0. The first-order valence-electron chi connectivity index (χ1n) is 10.2. The summed E-state index contributed by atoms with van der Waals surface area (Å²) in [4.78, 5) is 12.5. The summed E-state index contributed by atoms with van der Waals surface area (Å²) in [6.45, 7) is 1.94. The van der Waals surface area contributed by atoms with Crippen molar-refractivity contribution in [3.05, 3.63) is 131 Å². The van der Waals surface area contributed by atoms with Crippen molar-refractivity contribution in [1.29, 1.82) is 0 Å². The van der Waals surface area contributed by atoms with Gasteiger partial charge in [-0.05, 0) is 72.6 Å². The molecule has 0 heterocycles. The molecule has 4 rings (SSSR count).